The van der Waals surface area contributed by atoms with Gasteiger partial charge in [0.1, 0.15) is 11.5 Å². The third kappa shape index (κ3) is 3.32. The van der Waals surface area contributed by atoms with Crippen LogP contribution in [-0.4, -0.2) is 21.4 Å². The molecule has 0 spiro atoms. The lowest BCUT2D eigenvalue weighted by Crippen LogP contribution is -2.14. The zero-order valence-electron chi connectivity index (χ0n) is 18.0. The lowest BCUT2D eigenvalue weighted by Gasteiger charge is -2.11. The Kier molecular flexibility index (Phi) is 4.46. The molecule has 1 aliphatic rings. The first kappa shape index (κ1) is 19.5. The summed E-state index contributed by atoms with van der Waals surface area (Å²) >= 11 is 0. The van der Waals surface area contributed by atoms with Gasteiger partial charge in [0.15, 0.2) is 0 Å². The van der Waals surface area contributed by atoms with Crippen LogP contribution in [0.4, 0.5) is 0 Å². The molecule has 2 aromatic heterocycles. The Morgan fingerprint density at radius 1 is 1.16 bits per heavy atom. The van der Waals surface area contributed by atoms with Gasteiger partial charge >= 0.3 is 0 Å². The van der Waals surface area contributed by atoms with Gasteiger partial charge in [-0.1, -0.05) is 17.3 Å². The summed E-state index contributed by atoms with van der Waals surface area (Å²) in [5, 5.41) is 6.11. The first-order chi connectivity index (χ1) is 14.8. The van der Waals surface area contributed by atoms with Crippen molar-refractivity contribution in [2.75, 3.05) is 0 Å². The van der Waals surface area contributed by atoms with E-state index in [0.29, 0.717) is 23.7 Å². The third-order valence-corrected chi connectivity index (χ3v) is 6.20. The Bertz CT molecular complexity index is 1350. The van der Waals surface area contributed by atoms with Gasteiger partial charge < -0.3 is 14.8 Å². The minimum absolute atomic E-state index is 0.128. The number of aromatic nitrogens is 2. The second-order valence-corrected chi connectivity index (χ2v) is 8.77. The van der Waals surface area contributed by atoms with E-state index in [9.17, 15) is 9.59 Å². The van der Waals surface area contributed by atoms with Crippen molar-refractivity contribution in [3.8, 4) is 11.1 Å². The number of carbonyl (C=O) groups excluding carboxylic acids is 2. The molecular weight excluding hydrogens is 390 g/mol. The average molecular weight is 415 g/mol. The van der Waals surface area contributed by atoms with Crippen LogP contribution in [0.2, 0.25) is 0 Å². The molecule has 6 heteroatoms. The van der Waals surface area contributed by atoms with Gasteiger partial charge in [0.05, 0.1) is 16.8 Å². The first-order valence-electron chi connectivity index (χ1n) is 10.6. The highest BCUT2D eigenvalue weighted by Gasteiger charge is 2.26. The summed E-state index contributed by atoms with van der Waals surface area (Å²) in [5.74, 6) is 0.987. The highest BCUT2D eigenvalue weighted by molar-refractivity contribution is 6.17. The van der Waals surface area contributed by atoms with Crippen LogP contribution in [0.3, 0.4) is 0 Å². The molecule has 2 heterocycles. The lowest BCUT2D eigenvalue weighted by molar-refractivity contribution is -0.116. The fraction of sp³-hybridized carbons (Fsp3) is 0.320. The Morgan fingerprint density at radius 2 is 1.94 bits per heavy atom. The van der Waals surface area contributed by atoms with Crippen molar-refractivity contribution in [1.82, 2.24) is 9.72 Å². The van der Waals surface area contributed by atoms with E-state index < -0.39 is 5.91 Å². The lowest BCUT2D eigenvalue weighted by atomic mass is 9.97. The molecule has 0 saturated heterocycles. The average Bonchev–Trinajstić information content (AvgIpc) is 3.40. The molecule has 1 fully saturated rings. The van der Waals surface area contributed by atoms with E-state index in [1.54, 1.807) is 6.92 Å². The van der Waals surface area contributed by atoms with Gasteiger partial charge in [-0.3, -0.25) is 9.59 Å². The number of carbonyl (C=O) groups is 2. The maximum Gasteiger partial charge on any atom is 0.250 e. The number of benzene rings is 2. The van der Waals surface area contributed by atoms with Gasteiger partial charge in [0, 0.05) is 34.8 Å². The van der Waals surface area contributed by atoms with E-state index in [0.717, 1.165) is 50.7 Å². The van der Waals surface area contributed by atoms with Crippen molar-refractivity contribution in [1.29, 1.82) is 0 Å². The maximum absolute atomic E-state index is 12.6. The monoisotopic (exact) mass is 415 g/mol. The van der Waals surface area contributed by atoms with E-state index >= 15 is 0 Å². The van der Waals surface area contributed by atoms with Gasteiger partial charge in [-0.25, -0.2) is 0 Å². The number of nitrogens with two attached hydrogens (primary N) is 1. The van der Waals surface area contributed by atoms with E-state index in [1.807, 2.05) is 26.0 Å². The van der Waals surface area contributed by atoms with Crippen LogP contribution >= 0.6 is 0 Å². The van der Waals surface area contributed by atoms with Crippen LogP contribution in [0.15, 0.2) is 34.9 Å². The summed E-state index contributed by atoms with van der Waals surface area (Å²) in [6, 6.07) is 10.1. The van der Waals surface area contributed by atoms with Crippen molar-refractivity contribution >= 4 is 33.5 Å². The Labute approximate surface area is 180 Å². The predicted octanol–water partition coefficient (Wildman–Crippen LogP) is 4.71. The van der Waals surface area contributed by atoms with Gasteiger partial charge in [-0.15, -0.1) is 0 Å². The second-order valence-electron chi connectivity index (χ2n) is 8.77. The standard InChI is InChI=1S/C25H25N3O3/c1-13(29)8-17-6-7-19-20-10-18(23-14(2)27-31-15(23)3)11-21(25(26)30)24(20)28(22(19)9-17)12-16-4-5-16/h6-7,9-11,16H,4-5,8,12H2,1-3H3,(H2,26,30). The molecule has 2 aromatic carbocycles. The summed E-state index contributed by atoms with van der Waals surface area (Å²) in [6.45, 7) is 6.21. The number of rotatable bonds is 6. The van der Waals surface area contributed by atoms with Crippen LogP contribution in [-0.2, 0) is 17.8 Å². The zero-order chi connectivity index (χ0) is 21.9. The summed E-state index contributed by atoms with van der Waals surface area (Å²) in [5.41, 5.74) is 11.8. The van der Waals surface area contributed by atoms with Gasteiger partial charge in [-0.05, 0) is 68.9 Å². The van der Waals surface area contributed by atoms with Gasteiger partial charge in [0.25, 0.3) is 5.91 Å². The quantitative estimate of drug-likeness (QED) is 0.494. The number of ketones is 1. The number of aryl methyl sites for hydroxylation is 2. The van der Waals surface area contributed by atoms with Crippen molar-refractivity contribution in [3.63, 3.8) is 0 Å². The smallest absolute Gasteiger partial charge is 0.250 e. The van der Waals surface area contributed by atoms with E-state index in [-0.39, 0.29) is 5.78 Å². The van der Waals surface area contributed by atoms with Gasteiger partial charge in [-0.2, -0.15) is 0 Å². The van der Waals surface area contributed by atoms with Crippen LogP contribution in [0.1, 0.15) is 47.1 Å². The zero-order valence-corrected chi connectivity index (χ0v) is 18.0. The number of Topliss-reactive ketones (excluding diaryl/α,β-unsaturated/α-hetero) is 1. The Hall–Kier alpha value is -3.41. The largest absolute Gasteiger partial charge is 0.366 e. The molecule has 4 aromatic rings. The van der Waals surface area contributed by atoms with E-state index in [2.05, 4.69) is 27.9 Å². The molecular formula is C25H25N3O3. The van der Waals surface area contributed by atoms with Crippen molar-refractivity contribution < 1.29 is 14.1 Å². The highest BCUT2D eigenvalue weighted by Crippen LogP contribution is 2.40. The van der Waals surface area contributed by atoms with E-state index in [4.69, 9.17) is 10.3 Å². The Balaban J connectivity index is 1.85. The number of nitrogens with zero attached hydrogens (tertiary/aromatic N) is 2. The summed E-state index contributed by atoms with van der Waals surface area (Å²) in [4.78, 5) is 24.3. The van der Waals surface area contributed by atoms with E-state index in [1.165, 1.54) is 12.8 Å². The molecule has 0 radical (unpaired) electrons. The van der Waals surface area contributed by atoms with Crippen molar-refractivity contribution in [2.24, 2.45) is 11.7 Å². The molecule has 0 atom stereocenters. The molecule has 158 valence electrons. The van der Waals surface area contributed by atoms with Crippen LogP contribution < -0.4 is 5.73 Å². The van der Waals surface area contributed by atoms with Crippen LogP contribution in [0.5, 0.6) is 0 Å². The fourth-order valence-corrected chi connectivity index (χ4v) is 4.65. The summed E-state index contributed by atoms with van der Waals surface area (Å²) < 4.78 is 7.59. The number of hydrogen-bond donors (Lipinski definition) is 1. The van der Waals surface area contributed by atoms with Crippen LogP contribution in [0.25, 0.3) is 32.9 Å². The number of fused-ring (bicyclic) bond motifs is 3. The number of hydrogen-bond acceptors (Lipinski definition) is 4. The third-order valence-electron chi connectivity index (χ3n) is 6.20. The molecule has 1 amide bonds. The summed E-state index contributed by atoms with van der Waals surface area (Å²) in [6.07, 6.45) is 2.78. The van der Waals surface area contributed by atoms with Gasteiger partial charge in [0.2, 0.25) is 0 Å². The molecule has 2 N–H and O–H groups in total. The highest BCUT2D eigenvalue weighted by atomic mass is 16.5. The molecule has 0 unspecified atom stereocenters. The molecule has 5 rings (SSSR count). The maximum atomic E-state index is 12.6. The fourth-order valence-electron chi connectivity index (χ4n) is 4.65. The second kappa shape index (κ2) is 7.08. The minimum Gasteiger partial charge on any atom is -0.366 e. The van der Waals surface area contributed by atoms with Crippen molar-refractivity contribution in [2.45, 2.75) is 46.6 Å². The number of primary amides is 1. The van der Waals surface area contributed by atoms with Crippen LogP contribution in [0, 0.1) is 19.8 Å². The molecule has 31 heavy (non-hydrogen) atoms. The number of amides is 1. The molecule has 0 aliphatic heterocycles. The normalized spacial score (nSPS) is 13.9. The molecule has 0 bridgehead atoms. The minimum atomic E-state index is -0.456. The SMILES string of the molecule is CC(=O)Cc1ccc2c3cc(-c4c(C)noc4C)cc(C(N)=O)c3n(CC3CC3)c2c1. The molecule has 1 aliphatic carbocycles. The molecule has 1 saturated carbocycles. The Morgan fingerprint density at radius 3 is 2.55 bits per heavy atom. The van der Waals surface area contributed by atoms with Crippen molar-refractivity contribution in [3.05, 3.63) is 52.9 Å². The first-order valence-corrected chi connectivity index (χ1v) is 10.6. The molecule has 6 nitrogen and oxygen atoms in total. The summed E-state index contributed by atoms with van der Waals surface area (Å²) in [7, 11) is 0. The topological polar surface area (TPSA) is 91.1 Å². The predicted molar refractivity (Wildman–Crippen MR) is 120 cm³/mol.